The van der Waals surface area contributed by atoms with Gasteiger partial charge >= 0.3 is 0 Å². The van der Waals surface area contributed by atoms with Crippen molar-refractivity contribution in [1.29, 1.82) is 0 Å². The lowest BCUT2D eigenvalue weighted by Gasteiger charge is -2.07. The van der Waals surface area contributed by atoms with Crippen molar-refractivity contribution in [2.24, 2.45) is 0 Å². The molecule has 0 amide bonds. The zero-order valence-electron chi connectivity index (χ0n) is 10.8. The number of benzene rings is 1. The molecule has 9 heteroatoms. The summed E-state index contributed by atoms with van der Waals surface area (Å²) in [6.07, 6.45) is 3.57. The summed E-state index contributed by atoms with van der Waals surface area (Å²) < 4.78 is 53.4. The van der Waals surface area contributed by atoms with E-state index >= 15 is 0 Å². The molecule has 0 fully saturated rings. The van der Waals surface area contributed by atoms with Crippen molar-refractivity contribution in [3.8, 4) is 0 Å². The first kappa shape index (κ1) is 15.9. The van der Waals surface area contributed by atoms with E-state index in [1.807, 2.05) is 0 Å². The van der Waals surface area contributed by atoms with E-state index in [1.165, 1.54) is 6.20 Å². The molecule has 5 nitrogen and oxygen atoms in total. The third kappa shape index (κ3) is 4.23. The Hall–Kier alpha value is -1.51. The summed E-state index contributed by atoms with van der Waals surface area (Å²) in [6, 6.07) is 2.43. The molecular weight excluding hydrogens is 324 g/mol. The average Bonchev–Trinajstić information content (AvgIpc) is 2.83. The highest BCUT2D eigenvalue weighted by molar-refractivity contribution is 7.89. The van der Waals surface area contributed by atoms with Gasteiger partial charge in [-0.2, -0.15) is 5.10 Å². The zero-order valence-corrected chi connectivity index (χ0v) is 12.3. The van der Waals surface area contributed by atoms with Crippen LogP contribution in [0.4, 0.5) is 8.78 Å². The fraction of sp³-hybridized carbons (Fsp3) is 0.250. The minimum Gasteiger partial charge on any atom is -0.271 e. The first-order chi connectivity index (χ1) is 9.88. The number of aryl methyl sites for hydroxylation is 1. The van der Waals surface area contributed by atoms with Gasteiger partial charge in [-0.25, -0.2) is 21.9 Å². The predicted octanol–water partition coefficient (Wildman–Crippen LogP) is 2.18. The third-order valence-corrected chi connectivity index (χ3v) is 4.31. The highest BCUT2D eigenvalue weighted by Crippen LogP contribution is 2.13. The normalized spacial score (nSPS) is 11.8. The van der Waals surface area contributed by atoms with E-state index in [2.05, 4.69) is 9.82 Å². The van der Waals surface area contributed by atoms with Gasteiger partial charge in [0, 0.05) is 19.3 Å². The number of aromatic nitrogens is 2. The van der Waals surface area contributed by atoms with E-state index in [-0.39, 0.29) is 11.4 Å². The molecule has 1 aromatic carbocycles. The molecule has 0 radical (unpaired) electrons. The summed E-state index contributed by atoms with van der Waals surface area (Å²) in [5, 5.41) is 4.44. The molecule has 1 aromatic heterocycles. The highest BCUT2D eigenvalue weighted by atomic mass is 35.5. The lowest BCUT2D eigenvalue weighted by molar-refractivity contribution is 0.503. The smallest absolute Gasteiger partial charge is 0.240 e. The Kier molecular flexibility index (Phi) is 4.92. The van der Waals surface area contributed by atoms with Crippen LogP contribution in [0.2, 0.25) is 5.02 Å². The van der Waals surface area contributed by atoms with E-state index in [4.69, 9.17) is 11.6 Å². The molecule has 0 spiro atoms. The molecule has 0 atom stereocenters. The third-order valence-electron chi connectivity index (χ3n) is 2.66. The molecule has 0 unspecified atom stereocenters. The van der Waals surface area contributed by atoms with E-state index in [1.54, 1.807) is 10.9 Å². The molecule has 0 aliphatic rings. The maximum absolute atomic E-state index is 13.0. The Balaban J connectivity index is 1.90. The number of nitrogens with zero attached hydrogens (tertiary/aromatic N) is 2. The molecule has 1 heterocycles. The molecule has 2 rings (SSSR count). The summed E-state index contributed by atoms with van der Waals surface area (Å²) >= 11 is 5.69. The summed E-state index contributed by atoms with van der Waals surface area (Å²) in [5.74, 6) is -2.30. The maximum atomic E-state index is 13.0. The van der Waals surface area contributed by atoms with Crippen LogP contribution in [0.25, 0.3) is 0 Å². The SMILES string of the molecule is O=S(=O)(NCCCn1cc(Cl)cn1)c1ccc(F)c(F)c1. The van der Waals surface area contributed by atoms with Gasteiger partial charge in [0.1, 0.15) is 0 Å². The van der Waals surface area contributed by atoms with Crippen molar-refractivity contribution in [3.63, 3.8) is 0 Å². The van der Waals surface area contributed by atoms with Crippen LogP contribution in [0.15, 0.2) is 35.5 Å². The molecule has 1 N–H and O–H groups in total. The van der Waals surface area contributed by atoms with Crippen LogP contribution >= 0.6 is 11.6 Å². The largest absolute Gasteiger partial charge is 0.271 e. The second kappa shape index (κ2) is 6.50. The molecular formula is C12H12ClF2N3O2S. The topological polar surface area (TPSA) is 64.0 Å². The Morgan fingerprint density at radius 1 is 1.29 bits per heavy atom. The van der Waals surface area contributed by atoms with Crippen molar-refractivity contribution >= 4 is 21.6 Å². The quantitative estimate of drug-likeness (QED) is 0.823. The summed E-state index contributed by atoms with van der Waals surface area (Å²) in [4.78, 5) is -0.316. The lowest BCUT2D eigenvalue weighted by atomic mass is 10.3. The standard InChI is InChI=1S/C12H12ClF2N3O2S/c13-9-7-16-18(8-9)5-1-4-17-21(19,20)10-2-3-11(14)12(15)6-10/h2-3,6-8,17H,1,4-5H2. The van der Waals surface area contributed by atoms with Gasteiger partial charge in [-0.05, 0) is 24.6 Å². The van der Waals surface area contributed by atoms with Crippen molar-refractivity contribution in [2.45, 2.75) is 17.9 Å². The number of hydrogen-bond acceptors (Lipinski definition) is 3. The van der Waals surface area contributed by atoms with Crippen LogP contribution in [0.3, 0.4) is 0 Å². The van der Waals surface area contributed by atoms with Crippen LogP contribution < -0.4 is 4.72 Å². The van der Waals surface area contributed by atoms with Crippen LogP contribution in [0, 0.1) is 11.6 Å². The van der Waals surface area contributed by atoms with Crippen molar-refractivity contribution in [3.05, 3.63) is 47.2 Å². The molecule has 0 bridgehead atoms. The molecule has 0 saturated carbocycles. The lowest BCUT2D eigenvalue weighted by Crippen LogP contribution is -2.25. The maximum Gasteiger partial charge on any atom is 0.240 e. The van der Waals surface area contributed by atoms with E-state index < -0.39 is 21.7 Å². The fourth-order valence-corrected chi connectivity index (χ4v) is 2.88. The molecule has 114 valence electrons. The second-order valence-electron chi connectivity index (χ2n) is 4.25. The number of nitrogens with one attached hydrogen (secondary N) is 1. The summed E-state index contributed by atoms with van der Waals surface area (Å²) in [7, 11) is -3.86. The Morgan fingerprint density at radius 3 is 2.67 bits per heavy atom. The Labute approximate surface area is 125 Å². The van der Waals surface area contributed by atoms with Gasteiger partial charge in [0.05, 0.1) is 16.1 Å². The number of halogens is 3. The van der Waals surface area contributed by atoms with E-state index in [0.29, 0.717) is 24.1 Å². The van der Waals surface area contributed by atoms with Crippen molar-refractivity contribution in [1.82, 2.24) is 14.5 Å². The Morgan fingerprint density at radius 2 is 2.05 bits per heavy atom. The minimum atomic E-state index is -3.86. The molecule has 0 aliphatic heterocycles. The number of rotatable bonds is 6. The van der Waals surface area contributed by atoms with Crippen molar-refractivity contribution < 1.29 is 17.2 Å². The monoisotopic (exact) mass is 335 g/mol. The Bertz CT molecular complexity index is 734. The van der Waals surface area contributed by atoms with Gasteiger partial charge < -0.3 is 0 Å². The van der Waals surface area contributed by atoms with Gasteiger partial charge in [-0.15, -0.1) is 0 Å². The predicted molar refractivity (Wildman–Crippen MR) is 73.4 cm³/mol. The molecule has 0 aliphatic carbocycles. The first-order valence-corrected chi connectivity index (χ1v) is 7.87. The second-order valence-corrected chi connectivity index (χ2v) is 6.45. The van der Waals surface area contributed by atoms with Gasteiger partial charge in [0.15, 0.2) is 11.6 Å². The van der Waals surface area contributed by atoms with Crippen LogP contribution in [-0.2, 0) is 16.6 Å². The van der Waals surface area contributed by atoms with E-state index in [9.17, 15) is 17.2 Å². The van der Waals surface area contributed by atoms with Crippen LogP contribution in [0.1, 0.15) is 6.42 Å². The first-order valence-electron chi connectivity index (χ1n) is 6.01. The zero-order chi connectivity index (χ0) is 15.5. The van der Waals surface area contributed by atoms with Gasteiger partial charge in [-0.1, -0.05) is 11.6 Å². The highest BCUT2D eigenvalue weighted by Gasteiger charge is 2.15. The van der Waals surface area contributed by atoms with Gasteiger partial charge in [-0.3, -0.25) is 4.68 Å². The molecule has 2 aromatic rings. The number of sulfonamides is 1. The average molecular weight is 336 g/mol. The van der Waals surface area contributed by atoms with Crippen LogP contribution in [-0.4, -0.2) is 24.7 Å². The van der Waals surface area contributed by atoms with Gasteiger partial charge in [0.2, 0.25) is 10.0 Å². The van der Waals surface area contributed by atoms with Crippen molar-refractivity contribution in [2.75, 3.05) is 6.54 Å². The number of hydrogen-bond donors (Lipinski definition) is 1. The summed E-state index contributed by atoms with van der Waals surface area (Å²) in [5.41, 5.74) is 0. The molecule has 0 saturated heterocycles. The summed E-state index contributed by atoms with van der Waals surface area (Å²) in [6.45, 7) is 0.617. The minimum absolute atomic E-state index is 0.138. The van der Waals surface area contributed by atoms with Gasteiger partial charge in [0.25, 0.3) is 0 Å². The van der Waals surface area contributed by atoms with Crippen LogP contribution in [0.5, 0.6) is 0 Å². The van der Waals surface area contributed by atoms with E-state index in [0.717, 1.165) is 12.1 Å². The molecule has 21 heavy (non-hydrogen) atoms. The fourth-order valence-electron chi connectivity index (χ4n) is 1.64.